The first-order chi connectivity index (χ1) is 15.0. The average molecular weight is 434 g/mol. The van der Waals surface area contributed by atoms with E-state index in [1.807, 2.05) is 0 Å². The number of benzene rings is 1. The molecule has 1 rings (SSSR count). The van der Waals surface area contributed by atoms with Gasteiger partial charge in [-0.2, -0.15) is 0 Å². The SMILES string of the molecule is CCCCC(CCC)c1ccccc1CCCCOC(=O)CCOC(=O)CCC(N)=O. The minimum atomic E-state index is -0.555. The van der Waals surface area contributed by atoms with Crippen molar-refractivity contribution < 1.29 is 23.9 Å². The zero-order chi connectivity index (χ0) is 22.9. The van der Waals surface area contributed by atoms with Crippen molar-refractivity contribution in [3.8, 4) is 0 Å². The van der Waals surface area contributed by atoms with Crippen LogP contribution in [0.3, 0.4) is 0 Å². The van der Waals surface area contributed by atoms with Crippen LogP contribution in [-0.2, 0) is 30.3 Å². The highest BCUT2D eigenvalue weighted by molar-refractivity contribution is 5.80. The van der Waals surface area contributed by atoms with E-state index in [2.05, 4.69) is 38.1 Å². The van der Waals surface area contributed by atoms with Crippen LogP contribution < -0.4 is 5.73 Å². The predicted octanol–water partition coefficient (Wildman–Crippen LogP) is 4.83. The Morgan fingerprint density at radius 3 is 2.26 bits per heavy atom. The Morgan fingerprint density at radius 2 is 1.55 bits per heavy atom. The van der Waals surface area contributed by atoms with E-state index < -0.39 is 11.9 Å². The van der Waals surface area contributed by atoms with Gasteiger partial charge in [0.05, 0.1) is 19.4 Å². The molecule has 0 fully saturated rings. The van der Waals surface area contributed by atoms with Crippen molar-refractivity contribution in [1.82, 2.24) is 0 Å². The van der Waals surface area contributed by atoms with E-state index in [9.17, 15) is 14.4 Å². The molecule has 0 aliphatic carbocycles. The van der Waals surface area contributed by atoms with Crippen molar-refractivity contribution in [1.29, 1.82) is 0 Å². The zero-order valence-electron chi connectivity index (χ0n) is 19.2. The fourth-order valence-electron chi connectivity index (χ4n) is 3.64. The summed E-state index contributed by atoms with van der Waals surface area (Å²) in [5.41, 5.74) is 7.86. The molecule has 0 radical (unpaired) electrons. The maximum absolute atomic E-state index is 11.8. The van der Waals surface area contributed by atoms with Crippen LogP contribution in [-0.4, -0.2) is 31.1 Å². The molecule has 0 saturated heterocycles. The third-order valence-electron chi connectivity index (χ3n) is 5.29. The number of aryl methyl sites for hydroxylation is 1. The first-order valence-corrected chi connectivity index (χ1v) is 11.6. The molecule has 0 aromatic heterocycles. The van der Waals surface area contributed by atoms with Crippen molar-refractivity contribution in [3.05, 3.63) is 35.4 Å². The van der Waals surface area contributed by atoms with Gasteiger partial charge in [0.25, 0.3) is 0 Å². The van der Waals surface area contributed by atoms with E-state index in [-0.39, 0.29) is 31.8 Å². The molecule has 0 saturated carbocycles. The molecule has 1 aromatic carbocycles. The zero-order valence-corrected chi connectivity index (χ0v) is 19.2. The normalized spacial score (nSPS) is 11.7. The number of rotatable bonds is 17. The largest absolute Gasteiger partial charge is 0.466 e. The molecule has 0 aliphatic heterocycles. The smallest absolute Gasteiger partial charge is 0.309 e. The molecule has 31 heavy (non-hydrogen) atoms. The first-order valence-electron chi connectivity index (χ1n) is 11.6. The standard InChI is InChI=1S/C25H39NO5/c1-3-5-11-20(10-4-2)22-14-7-6-12-21(22)13-8-9-18-30-25(29)17-19-31-24(28)16-15-23(26)27/h6-7,12,14,20H,3-5,8-11,13,15-19H2,1-2H3,(H2,26,27). The van der Waals surface area contributed by atoms with Crippen LogP contribution in [0.5, 0.6) is 0 Å². The van der Waals surface area contributed by atoms with Gasteiger partial charge in [-0.25, -0.2) is 0 Å². The van der Waals surface area contributed by atoms with Gasteiger partial charge in [-0.15, -0.1) is 0 Å². The Hall–Kier alpha value is -2.37. The van der Waals surface area contributed by atoms with Crippen LogP contribution in [0.15, 0.2) is 24.3 Å². The third kappa shape index (κ3) is 12.2. The van der Waals surface area contributed by atoms with Gasteiger partial charge in [-0.3, -0.25) is 14.4 Å². The number of primary amides is 1. The molecule has 1 unspecified atom stereocenters. The number of carbonyl (C=O) groups is 3. The molecule has 0 bridgehead atoms. The molecule has 0 heterocycles. The van der Waals surface area contributed by atoms with Gasteiger partial charge in [0.2, 0.25) is 5.91 Å². The van der Waals surface area contributed by atoms with Crippen molar-refractivity contribution in [2.24, 2.45) is 5.73 Å². The minimum absolute atomic E-state index is 0.0151. The number of hydrogen-bond donors (Lipinski definition) is 1. The maximum atomic E-state index is 11.8. The number of esters is 2. The van der Waals surface area contributed by atoms with Crippen LogP contribution in [0.1, 0.15) is 95.1 Å². The summed E-state index contributed by atoms with van der Waals surface area (Å²) in [4.78, 5) is 33.7. The van der Waals surface area contributed by atoms with Gasteiger partial charge < -0.3 is 15.2 Å². The van der Waals surface area contributed by atoms with Crippen LogP contribution in [0.4, 0.5) is 0 Å². The lowest BCUT2D eigenvalue weighted by Crippen LogP contribution is -2.16. The highest BCUT2D eigenvalue weighted by Gasteiger charge is 2.14. The summed E-state index contributed by atoms with van der Waals surface area (Å²) in [5.74, 6) is -0.846. The molecule has 1 amide bonds. The van der Waals surface area contributed by atoms with E-state index in [1.165, 1.54) is 43.2 Å². The molecule has 1 aromatic rings. The molecule has 0 spiro atoms. The van der Waals surface area contributed by atoms with Crippen LogP contribution in [0, 0.1) is 0 Å². The minimum Gasteiger partial charge on any atom is -0.466 e. The molecule has 2 N–H and O–H groups in total. The van der Waals surface area contributed by atoms with E-state index in [1.54, 1.807) is 0 Å². The van der Waals surface area contributed by atoms with Crippen molar-refractivity contribution in [2.45, 2.75) is 90.4 Å². The number of ether oxygens (including phenoxy) is 2. The Labute approximate surface area is 186 Å². The first kappa shape index (κ1) is 26.7. The van der Waals surface area contributed by atoms with Gasteiger partial charge >= 0.3 is 11.9 Å². The van der Waals surface area contributed by atoms with E-state index >= 15 is 0 Å². The summed E-state index contributed by atoms with van der Waals surface area (Å²) in [5, 5.41) is 0. The summed E-state index contributed by atoms with van der Waals surface area (Å²) < 4.78 is 10.1. The lowest BCUT2D eigenvalue weighted by atomic mass is 9.85. The highest BCUT2D eigenvalue weighted by atomic mass is 16.5. The monoisotopic (exact) mass is 433 g/mol. The number of unbranched alkanes of at least 4 members (excludes halogenated alkanes) is 2. The second-order valence-corrected chi connectivity index (χ2v) is 7.94. The third-order valence-corrected chi connectivity index (χ3v) is 5.29. The number of amides is 1. The number of carbonyl (C=O) groups excluding carboxylic acids is 3. The predicted molar refractivity (Wildman–Crippen MR) is 122 cm³/mol. The molecule has 0 aliphatic rings. The maximum Gasteiger partial charge on any atom is 0.309 e. The van der Waals surface area contributed by atoms with E-state index in [4.69, 9.17) is 15.2 Å². The van der Waals surface area contributed by atoms with Crippen molar-refractivity contribution >= 4 is 17.8 Å². The van der Waals surface area contributed by atoms with Gasteiger partial charge in [-0.05, 0) is 49.1 Å². The van der Waals surface area contributed by atoms with Gasteiger partial charge in [-0.1, -0.05) is 57.4 Å². The van der Waals surface area contributed by atoms with Gasteiger partial charge in [0, 0.05) is 6.42 Å². The Balaban J connectivity index is 2.30. The van der Waals surface area contributed by atoms with Crippen molar-refractivity contribution in [3.63, 3.8) is 0 Å². The number of nitrogens with two attached hydrogens (primary N) is 1. The van der Waals surface area contributed by atoms with Gasteiger partial charge in [0.1, 0.15) is 6.61 Å². The van der Waals surface area contributed by atoms with Gasteiger partial charge in [0.15, 0.2) is 0 Å². The van der Waals surface area contributed by atoms with E-state index in [0.717, 1.165) is 19.3 Å². The fraction of sp³-hybridized carbons (Fsp3) is 0.640. The second-order valence-electron chi connectivity index (χ2n) is 7.94. The van der Waals surface area contributed by atoms with E-state index in [0.29, 0.717) is 12.5 Å². The fourth-order valence-corrected chi connectivity index (χ4v) is 3.64. The summed E-state index contributed by atoms with van der Waals surface area (Å²) in [7, 11) is 0. The molecular weight excluding hydrogens is 394 g/mol. The van der Waals surface area contributed by atoms with Crippen molar-refractivity contribution in [2.75, 3.05) is 13.2 Å². The summed E-state index contributed by atoms with van der Waals surface area (Å²) in [6.45, 7) is 4.81. The van der Waals surface area contributed by atoms with Crippen LogP contribution >= 0.6 is 0 Å². The molecule has 174 valence electrons. The summed E-state index contributed by atoms with van der Waals surface area (Å²) in [6.07, 6.45) is 8.78. The van der Waals surface area contributed by atoms with Crippen LogP contribution in [0.25, 0.3) is 0 Å². The molecule has 1 atom stereocenters. The van der Waals surface area contributed by atoms with Crippen LogP contribution in [0.2, 0.25) is 0 Å². The Bertz CT molecular complexity index is 674. The average Bonchev–Trinajstić information content (AvgIpc) is 2.75. The summed E-state index contributed by atoms with van der Waals surface area (Å²) >= 11 is 0. The highest BCUT2D eigenvalue weighted by Crippen LogP contribution is 2.30. The Morgan fingerprint density at radius 1 is 0.839 bits per heavy atom. The quantitative estimate of drug-likeness (QED) is 0.280. The second kappa shape index (κ2) is 16.3. The Kier molecular flexibility index (Phi) is 14.1. The number of hydrogen-bond acceptors (Lipinski definition) is 5. The topological polar surface area (TPSA) is 95.7 Å². The lowest BCUT2D eigenvalue weighted by Gasteiger charge is -2.20. The lowest BCUT2D eigenvalue weighted by molar-refractivity contribution is -0.150. The summed E-state index contributed by atoms with van der Waals surface area (Å²) in [6, 6.07) is 8.74. The molecule has 6 heteroatoms. The molecule has 6 nitrogen and oxygen atoms in total. The molecular formula is C25H39NO5.